The summed E-state index contributed by atoms with van der Waals surface area (Å²) in [4.78, 5) is 22.4. The van der Waals surface area contributed by atoms with Gasteiger partial charge in [-0.15, -0.1) is 5.10 Å². The molecule has 0 aliphatic carbocycles. The molecule has 132 valence electrons. The molecule has 0 unspecified atom stereocenters. The number of nitrogens with one attached hydrogen (secondary N) is 1. The molecule has 0 aliphatic rings. The van der Waals surface area contributed by atoms with Crippen molar-refractivity contribution in [2.24, 2.45) is 0 Å². The Morgan fingerprint density at radius 3 is 2.69 bits per heavy atom. The van der Waals surface area contributed by atoms with Crippen LogP contribution >= 0.6 is 11.6 Å². The molecule has 1 aromatic heterocycles. The number of tetrazole rings is 1. The number of hydrogen-bond donors (Lipinski definition) is 1. The molecule has 11 heteroatoms. The third-order valence-electron chi connectivity index (χ3n) is 3.42. The van der Waals surface area contributed by atoms with Gasteiger partial charge in [0.2, 0.25) is 0 Å². The van der Waals surface area contributed by atoms with Crippen molar-refractivity contribution in [1.82, 2.24) is 25.5 Å². The maximum absolute atomic E-state index is 13.0. The van der Waals surface area contributed by atoms with Gasteiger partial charge in [0.15, 0.2) is 5.82 Å². The zero-order chi connectivity index (χ0) is 18.7. The van der Waals surface area contributed by atoms with Crippen molar-refractivity contribution >= 4 is 23.2 Å². The number of carbonyl (C=O) groups is 1. The summed E-state index contributed by atoms with van der Waals surface area (Å²) in [7, 11) is 0. The second-order valence-corrected chi connectivity index (χ2v) is 5.50. The number of nitrogens with zero attached hydrogens (tertiary/aromatic N) is 5. The van der Waals surface area contributed by atoms with Crippen LogP contribution in [0.2, 0.25) is 5.02 Å². The molecule has 2 aromatic carbocycles. The van der Waals surface area contributed by atoms with E-state index < -0.39 is 16.6 Å². The van der Waals surface area contributed by atoms with Gasteiger partial charge in [-0.3, -0.25) is 14.9 Å². The minimum Gasteiger partial charge on any atom is -0.345 e. The maximum Gasteiger partial charge on any atom is 0.288 e. The lowest BCUT2D eigenvalue weighted by Gasteiger charge is -2.07. The van der Waals surface area contributed by atoms with Gasteiger partial charge in [-0.2, -0.15) is 4.68 Å². The van der Waals surface area contributed by atoms with E-state index >= 15 is 0 Å². The van der Waals surface area contributed by atoms with Crippen molar-refractivity contribution in [2.45, 2.75) is 6.54 Å². The van der Waals surface area contributed by atoms with Crippen LogP contribution in [0.15, 0.2) is 42.5 Å². The lowest BCUT2D eigenvalue weighted by Crippen LogP contribution is -2.24. The summed E-state index contributed by atoms with van der Waals surface area (Å²) in [5.74, 6) is -0.659. The Morgan fingerprint density at radius 2 is 2.00 bits per heavy atom. The first kappa shape index (κ1) is 17.4. The molecule has 0 radical (unpaired) electrons. The van der Waals surface area contributed by atoms with Crippen molar-refractivity contribution in [3.05, 3.63) is 74.8 Å². The highest BCUT2D eigenvalue weighted by Gasteiger charge is 2.17. The number of carbonyl (C=O) groups excluding carboxylic acids is 1. The van der Waals surface area contributed by atoms with Crippen LogP contribution in [0.1, 0.15) is 16.2 Å². The van der Waals surface area contributed by atoms with Crippen molar-refractivity contribution in [1.29, 1.82) is 0 Å². The summed E-state index contributed by atoms with van der Waals surface area (Å²) in [6.07, 6.45) is 0. The Kier molecular flexibility index (Phi) is 4.85. The standard InChI is InChI=1S/C15H10ClFN6O3/c16-12-6-1-9(7-13(12)23(25)26)15(24)18-8-14-19-20-21-22(14)11-4-2-10(17)3-5-11/h1-7H,8H2,(H,18,24). The van der Waals surface area contributed by atoms with Crippen LogP contribution in [-0.4, -0.2) is 31.0 Å². The first-order chi connectivity index (χ1) is 12.5. The van der Waals surface area contributed by atoms with E-state index in [0.717, 1.165) is 6.07 Å². The predicted octanol–water partition coefficient (Wildman–Crippen LogP) is 2.29. The van der Waals surface area contributed by atoms with E-state index in [1.165, 1.54) is 41.1 Å². The highest BCUT2D eigenvalue weighted by molar-refractivity contribution is 6.32. The molecule has 1 amide bonds. The van der Waals surface area contributed by atoms with Gasteiger partial charge in [0.1, 0.15) is 10.8 Å². The molecular formula is C15H10ClFN6O3. The number of amides is 1. The maximum atomic E-state index is 13.0. The van der Waals surface area contributed by atoms with Gasteiger partial charge in [-0.05, 0) is 46.8 Å². The largest absolute Gasteiger partial charge is 0.345 e. The number of nitro groups is 1. The van der Waals surface area contributed by atoms with Crippen molar-refractivity contribution in [2.75, 3.05) is 0 Å². The average molecular weight is 377 g/mol. The summed E-state index contributed by atoms with van der Waals surface area (Å²) in [6, 6.07) is 9.21. The highest BCUT2D eigenvalue weighted by atomic mass is 35.5. The molecule has 26 heavy (non-hydrogen) atoms. The van der Waals surface area contributed by atoms with Crippen LogP contribution in [0.5, 0.6) is 0 Å². The Balaban J connectivity index is 1.75. The summed E-state index contributed by atoms with van der Waals surface area (Å²) in [5.41, 5.74) is 0.222. The van der Waals surface area contributed by atoms with Gasteiger partial charge >= 0.3 is 0 Å². The summed E-state index contributed by atoms with van der Waals surface area (Å²) in [5, 5.41) is 24.5. The normalized spacial score (nSPS) is 10.5. The third kappa shape index (κ3) is 3.64. The molecule has 0 bridgehead atoms. The van der Waals surface area contributed by atoms with Gasteiger partial charge in [-0.1, -0.05) is 11.6 Å². The molecule has 9 nitrogen and oxygen atoms in total. The van der Waals surface area contributed by atoms with E-state index in [0.29, 0.717) is 11.5 Å². The van der Waals surface area contributed by atoms with E-state index in [4.69, 9.17) is 11.6 Å². The molecular weight excluding hydrogens is 367 g/mol. The molecule has 0 atom stereocenters. The van der Waals surface area contributed by atoms with Crippen LogP contribution < -0.4 is 5.32 Å². The van der Waals surface area contributed by atoms with E-state index in [9.17, 15) is 19.3 Å². The van der Waals surface area contributed by atoms with Crippen LogP contribution in [0.4, 0.5) is 10.1 Å². The lowest BCUT2D eigenvalue weighted by molar-refractivity contribution is -0.384. The predicted molar refractivity (Wildman–Crippen MR) is 88.4 cm³/mol. The van der Waals surface area contributed by atoms with Gasteiger partial charge in [0.05, 0.1) is 17.2 Å². The third-order valence-corrected chi connectivity index (χ3v) is 3.74. The zero-order valence-electron chi connectivity index (χ0n) is 13.0. The molecule has 0 fully saturated rings. The number of aromatic nitrogens is 4. The van der Waals surface area contributed by atoms with E-state index in [1.54, 1.807) is 0 Å². The van der Waals surface area contributed by atoms with Gasteiger partial charge in [0, 0.05) is 11.6 Å². The first-order valence-corrected chi connectivity index (χ1v) is 7.59. The molecule has 1 N–H and O–H groups in total. The van der Waals surface area contributed by atoms with Crippen molar-refractivity contribution in [3.8, 4) is 5.69 Å². The fourth-order valence-corrected chi connectivity index (χ4v) is 2.34. The smallest absolute Gasteiger partial charge is 0.288 e. The molecule has 0 spiro atoms. The quantitative estimate of drug-likeness (QED) is 0.539. The van der Waals surface area contributed by atoms with Gasteiger partial charge < -0.3 is 5.32 Å². The van der Waals surface area contributed by atoms with E-state index in [2.05, 4.69) is 20.8 Å². The number of halogens is 2. The average Bonchev–Trinajstić information content (AvgIpc) is 3.09. The number of nitro benzene ring substituents is 1. The van der Waals surface area contributed by atoms with E-state index in [-0.39, 0.29) is 22.8 Å². The van der Waals surface area contributed by atoms with Crippen LogP contribution in [0.25, 0.3) is 5.69 Å². The number of benzene rings is 2. The summed E-state index contributed by atoms with van der Waals surface area (Å²) < 4.78 is 14.4. The molecule has 3 rings (SSSR count). The van der Waals surface area contributed by atoms with Crippen molar-refractivity contribution < 1.29 is 14.1 Å². The summed E-state index contributed by atoms with van der Waals surface area (Å²) >= 11 is 5.72. The first-order valence-electron chi connectivity index (χ1n) is 7.21. The van der Waals surface area contributed by atoms with Crippen molar-refractivity contribution in [3.63, 3.8) is 0 Å². The van der Waals surface area contributed by atoms with E-state index in [1.807, 2.05) is 0 Å². The topological polar surface area (TPSA) is 116 Å². The molecule has 1 heterocycles. The second kappa shape index (κ2) is 7.23. The Labute approximate surface area is 150 Å². The highest BCUT2D eigenvalue weighted by Crippen LogP contribution is 2.25. The Bertz CT molecular complexity index is 976. The van der Waals surface area contributed by atoms with Crippen LogP contribution in [0, 0.1) is 15.9 Å². The molecule has 0 saturated heterocycles. The lowest BCUT2D eigenvalue weighted by atomic mass is 10.2. The number of hydrogen-bond acceptors (Lipinski definition) is 6. The SMILES string of the molecule is O=C(NCc1nnnn1-c1ccc(F)cc1)c1ccc(Cl)c([N+](=O)[O-])c1. The second-order valence-electron chi connectivity index (χ2n) is 5.09. The van der Waals surface area contributed by atoms with Crippen LogP contribution in [0.3, 0.4) is 0 Å². The molecule has 3 aromatic rings. The fraction of sp³-hybridized carbons (Fsp3) is 0.0667. The minimum atomic E-state index is -0.672. The number of rotatable bonds is 5. The zero-order valence-corrected chi connectivity index (χ0v) is 13.7. The van der Waals surface area contributed by atoms with Gasteiger partial charge in [-0.25, -0.2) is 4.39 Å². The molecule has 0 aliphatic heterocycles. The monoisotopic (exact) mass is 376 g/mol. The van der Waals surface area contributed by atoms with Crippen LogP contribution in [-0.2, 0) is 6.54 Å². The Hall–Kier alpha value is -3.40. The summed E-state index contributed by atoms with van der Waals surface area (Å²) in [6.45, 7) is -0.0420. The Morgan fingerprint density at radius 1 is 1.27 bits per heavy atom. The van der Waals surface area contributed by atoms with Gasteiger partial charge in [0.25, 0.3) is 11.6 Å². The minimum absolute atomic E-state index is 0.0420. The molecule has 0 saturated carbocycles. The fourth-order valence-electron chi connectivity index (χ4n) is 2.15.